The predicted molar refractivity (Wildman–Crippen MR) is 94.1 cm³/mol. The van der Waals surface area contributed by atoms with Crippen LogP contribution in [0.4, 0.5) is 5.13 Å². The highest BCUT2D eigenvalue weighted by Crippen LogP contribution is 2.27. The molecule has 1 aliphatic heterocycles. The zero-order chi connectivity index (χ0) is 17.1. The van der Waals surface area contributed by atoms with E-state index in [9.17, 15) is 9.59 Å². The summed E-state index contributed by atoms with van der Waals surface area (Å²) in [6.45, 7) is 3.70. The van der Waals surface area contributed by atoms with Crippen molar-refractivity contribution in [3.63, 3.8) is 0 Å². The second-order valence-corrected chi connectivity index (χ2v) is 6.76. The molecule has 0 bridgehead atoms. The maximum atomic E-state index is 12.9. The third-order valence-electron chi connectivity index (χ3n) is 4.03. The topological polar surface area (TPSA) is 65.5 Å². The van der Waals surface area contributed by atoms with E-state index in [0.29, 0.717) is 17.4 Å². The molecule has 1 aromatic heterocycles. The van der Waals surface area contributed by atoms with Gasteiger partial charge in [0.05, 0.1) is 6.04 Å². The molecule has 1 aliphatic rings. The lowest BCUT2D eigenvalue weighted by molar-refractivity contribution is -0.114. The zero-order valence-electron chi connectivity index (χ0n) is 13.7. The summed E-state index contributed by atoms with van der Waals surface area (Å²) < 4.78 is 0. The van der Waals surface area contributed by atoms with Crippen molar-refractivity contribution in [2.75, 3.05) is 32.0 Å². The fourth-order valence-corrected chi connectivity index (χ4v) is 3.58. The van der Waals surface area contributed by atoms with Gasteiger partial charge in [-0.05, 0) is 12.6 Å². The van der Waals surface area contributed by atoms with Crippen molar-refractivity contribution in [2.45, 2.75) is 13.0 Å². The Bertz CT molecular complexity index is 731. The fourth-order valence-electron chi connectivity index (χ4n) is 2.85. The Morgan fingerprint density at radius 1 is 1.25 bits per heavy atom. The van der Waals surface area contributed by atoms with Gasteiger partial charge in [0.25, 0.3) is 5.91 Å². The highest BCUT2D eigenvalue weighted by Gasteiger charge is 2.31. The number of amides is 2. The Kier molecular flexibility index (Phi) is 4.92. The zero-order valence-corrected chi connectivity index (χ0v) is 14.5. The Morgan fingerprint density at radius 3 is 2.71 bits per heavy atom. The van der Waals surface area contributed by atoms with Crippen LogP contribution in [0.25, 0.3) is 0 Å². The number of rotatable bonds is 3. The first kappa shape index (κ1) is 16.6. The van der Waals surface area contributed by atoms with E-state index in [2.05, 4.69) is 22.2 Å². The number of thiazole rings is 1. The molecule has 1 fully saturated rings. The van der Waals surface area contributed by atoms with E-state index >= 15 is 0 Å². The lowest BCUT2D eigenvalue weighted by atomic mass is 10.0. The van der Waals surface area contributed by atoms with E-state index in [4.69, 9.17) is 0 Å². The van der Waals surface area contributed by atoms with E-state index in [-0.39, 0.29) is 17.9 Å². The van der Waals surface area contributed by atoms with E-state index in [1.165, 1.54) is 18.3 Å². The smallest absolute Gasteiger partial charge is 0.274 e. The Hall–Kier alpha value is -2.25. The van der Waals surface area contributed by atoms with Gasteiger partial charge in [0.1, 0.15) is 5.69 Å². The average Bonchev–Trinajstić information content (AvgIpc) is 3.02. The van der Waals surface area contributed by atoms with Crippen LogP contribution in [0.3, 0.4) is 0 Å². The molecule has 7 heteroatoms. The third kappa shape index (κ3) is 3.63. The number of benzene rings is 1. The maximum Gasteiger partial charge on any atom is 0.274 e. The van der Waals surface area contributed by atoms with Gasteiger partial charge in [0, 0.05) is 31.9 Å². The van der Waals surface area contributed by atoms with Crippen molar-refractivity contribution in [2.24, 2.45) is 0 Å². The largest absolute Gasteiger partial charge is 0.328 e. The molecule has 1 atom stereocenters. The number of hydrogen-bond donors (Lipinski definition) is 1. The number of anilines is 1. The molecule has 0 saturated carbocycles. The summed E-state index contributed by atoms with van der Waals surface area (Å²) in [6, 6.07) is 10.1. The van der Waals surface area contributed by atoms with Crippen molar-refractivity contribution < 1.29 is 9.59 Å². The van der Waals surface area contributed by atoms with Gasteiger partial charge in [-0.2, -0.15) is 0 Å². The van der Waals surface area contributed by atoms with Gasteiger partial charge in [-0.25, -0.2) is 4.98 Å². The predicted octanol–water partition coefficient (Wildman–Crippen LogP) is 2.23. The minimum absolute atomic E-state index is 0.00312. The third-order valence-corrected chi connectivity index (χ3v) is 4.79. The van der Waals surface area contributed by atoms with Gasteiger partial charge in [-0.15, -0.1) is 11.3 Å². The second-order valence-electron chi connectivity index (χ2n) is 5.91. The first-order valence-corrected chi connectivity index (χ1v) is 8.70. The number of carbonyl (C=O) groups is 2. The molecule has 0 spiro atoms. The van der Waals surface area contributed by atoms with Crippen molar-refractivity contribution in [3.05, 3.63) is 47.0 Å². The molecule has 1 aromatic carbocycles. The molecular weight excluding hydrogens is 324 g/mol. The molecule has 3 rings (SSSR count). The summed E-state index contributed by atoms with van der Waals surface area (Å²) in [6.07, 6.45) is 0. The summed E-state index contributed by atoms with van der Waals surface area (Å²) in [5, 5.41) is 4.78. The van der Waals surface area contributed by atoms with Crippen LogP contribution in [0.2, 0.25) is 0 Å². The molecule has 1 N–H and O–H groups in total. The second kappa shape index (κ2) is 7.11. The Morgan fingerprint density at radius 2 is 2.00 bits per heavy atom. The van der Waals surface area contributed by atoms with Gasteiger partial charge >= 0.3 is 0 Å². The van der Waals surface area contributed by atoms with Crippen LogP contribution in [-0.2, 0) is 4.79 Å². The van der Waals surface area contributed by atoms with Crippen LogP contribution in [-0.4, -0.2) is 53.3 Å². The van der Waals surface area contributed by atoms with Crippen molar-refractivity contribution in [1.29, 1.82) is 0 Å². The van der Waals surface area contributed by atoms with Crippen LogP contribution in [0.1, 0.15) is 29.0 Å². The van der Waals surface area contributed by atoms with Crippen LogP contribution in [0.15, 0.2) is 35.7 Å². The number of carbonyl (C=O) groups excluding carboxylic acids is 2. The molecule has 0 unspecified atom stereocenters. The molecular formula is C17H20N4O2S. The average molecular weight is 344 g/mol. The fraction of sp³-hybridized carbons (Fsp3) is 0.353. The molecule has 0 aliphatic carbocycles. The first-order chi connectivity index (χ1) is 11.5. The molecule has 2 aromatic rings. The lowest BCUT2D eigenvalue weighted by Gasteiger charge is -2.40. The number of piperazine rings is 1. The number of hydrogen-bond acceptors (Lipinski definition) is 5. The summed E-state index contributed by atoms with van der Waals surface area (Å²) in [7, 11) is 2.06. The van der Waals surface area contributed by atoms with E-state index in [0.717, 1.165) is 18.7 Å². The first-order valence-electron chi connectivity index (χ1n) is 7.82. The Labute approximate surface area is 145 Å². The van der Waals surface area contributed by atoms with Gasteiger partial charge in [0.15, 0.2) is 5.13 Å². The molecule has 126 valence electrons. The van der Waals surface area contributed by atoms with Gasteiger partial charge in [0.2, 0.25) is 5.91 Å². The molecule has 1 saturated heterocycles. The number of nitrogens with zero attached hydrogens (tertiary/aromatic N) is 3. The minimum atomic E-state index is -0.190. The van der Waals surface area contributed by atoms with Crippen LogP contribution in [0, 0.1) is 0 Å². The summed E-state index contributed by atoms with van der Waals surface area (Å²) in [5.74, 6) is -0.282. The highest BCUT2D eigenvalue weighted by molar-refractivity contribution is 7.14. The lowest BCUT2D eigenvalue weighted by Crippen LogP contribution is -2.49. The van der Waals surface area contributed by atoms with Crippen molar-refractivity contribution in [1.82, 2.24) is 14.8 Å². The van der Waals surface area contributed by atoms with Crippen LogP contribution < -0.4 is 5.32 Å². The molecule has 24 heavy (non-hydrogen) atoms. The van der Waals surface area contributed by atoms with Gasteiger partial charge < -0.3 is 15.1 Å². The monoisotopic (exact) mass is 344 g/mol. The molecule has 2 heterocycles. The standard InChI is InChI=1S/C17H20N4O2S/c1-12(22)18-17-19-14(11-24-17)16(23)21-9-8-20(2)10-15(21)13-6-4-3-5-7-13/h3-7,11,15H,8-10H2,1-2H3,(H,18,19,22)/t15-/m1/s1. The molecule has 0 radical (unpaired) electrons. The normalized spacial score (nSPS) is 18.4. The highest BCUT2D eigenvalue weighted by atomic mass is 32.1. The van der Waals surface area contributed by atoms with E-state index in [1.54, 1.807) is 5.38 Å². The number of aromatic nitrogens is 1. The maximum absolute atomic E-state index is 12.9. The van der Waals surface area contributed by atoms with Crippen LogP contribution >= 0.6 is 11.3 Å². The Balaban J connectivity index is 1.83. The minimum Gasteiger partial charge on any atom is -0.328 e. The summed E-state index contributed by atoms with van der Waals surface area (Å²) in [4.78, 5) is 32.4. The van der Waals surface area contributed by atoms with E-state index < -0.39 is 0 Å². The van der Waals surface area contributed by atoms with Crippen molar-refractivity contribution >= 4 is 28.3 Å². The van der Waals surface area contributed by atoms with E-state index in [1.807, 2.05) is 35.2 Å². The number of likely N-dealkylation sites (N-methyl/N-ethyl adjacent to an activating group) is 1. The summed E-state index contributed by atoms with van der Waals surface area (Å²) >= 11 is 1.27. The number of nitrogens with one attached hydrogen (secondary N) is 1. The quantitative estimate of drug-likeness (QED) is 0.927. The van der Waals surface area contributed by atoms with Gasteiger partial charge in [-0.3, -0.25) is 9.59 Å². The molecule has 2 amide bonds. The molecule has 6 nitrogen and oxygen atoms in total. The summed E-state index contributed by atoms with van der Waals surface area (Å²) in [5.41, 5.74) is 1.50. The SMILES string of the molecule is CC(=O)Nc1nc(C(=O)N2CCN(C)C[C@@H]2c2ccccc2)cs1. The van der Waals surface area contributed by atoms with Crippen molar-refractivity contribution in [3.8, 4) is 0 Å². The van der Waals surface area contributed by atoms with Crippen LogP contribution in [0.5, 0.6) is 0 Å². The van der Waals surface area contributed by atoms with Gasteiger partial charge in [-0.1, -0.05) is 30.3 Å².